The minimum atomic E-state index is 0. The van der Waals surface area contributed by atoms with Gasteiger partial charge in [0, 0.05) is 51.1 Å². The van der Waals surface area contributed by atoms with E-state index in [2.05, 4.69) is 37.8 Å². The lowest BCUT2D eigenvalue weighted by molar-refractivity contribution is 0.0377. The van der Waals surface area contributed by atoms with E-state index in [4.69, 9.17) is 4.74 Å². The Kier molecular flexibility index (Phi) is 11.6. The van der Waals surface area contributed by atoms with Gasteiger partial charge in [0.15, 0.2) is 5.96 Å². The molecule has 1 aliphatic heterocycles. The van der Waals surface area contributed by atoms with Crippen molar-refractivity contribution in [2.45, 2.75) is 26.7 Å². The van der Waals surface area contributed by atoms with Crippen LogP contribution in [0.1, 0.15) is 24.0 Å². The van der Waals surface area contributed by atoms with E-state index in [0.29, 0.717) is 0 Å². The summed E-state index contributed by atoms with van der Waals surface area (Å²) in [6.07, 6.45) is 2.02. The fourth-order valence-electron chi connectivity index (χ4n) is 2.48. The molecule has 0 radical (unpaired) electrons. The highest BCUT2D eigenvalue weighted by molar-refractivity contribution is 14.0. The first-order chi connectivity index (χ1) is 11.3. The first kappa shape index (κ1) is 21.6. The van der Waals surface area contributed by atoms with Crippen LogP contribution in [0.25, 0.3) is 0 Å². The zero-order chi connectivity index (χ0) is 16.3. The van der Waals surface area contributed by atoms with Gasteiger partial charge in [0.2, 0.25) is 0 Å². The van der Waals surface area contributed by atoms with E-state index in [1.54, 1.807) is 11.3 Å². The lowest BCUT2D eigenvalue weighted by Crippen LogP contribution is -2.39. The number of aliphatic imine (C=N–C) groups is 1. The largest absolute Gasteiger partial charge is 0.379 e. The number of aryl methyl sites for hydroxylation is 1. The maximum atomic E-state index is 5.36. The highest BCUT2D eigenvalue weighted by Gasteiger charge is 2.09. The molecule has 2 heterocycles. The monoisotopic (exact) mass is 467 g/mol. The van der Waals surface area contributed by atoms with Crippen molar-refractivity contribution >= 4 is 41.3 Å². The van der Waals surface area contributed by atoms with Gasteiger partial charge in [0.05, 0.1) is 23.9 Å². The normalized spacial score (nSPS) is 15.8. The summed E-state index contributed by atoms with van der Waals surface area (Å²) in [6, 6.07) is 0. The first-order valence-electron chi connectivity index (χ1n) is 8.51. The third-order valence-electron chi connectivity index (χ3n) is 3.69. The van der Waals surface area contributed by atoms with Gasteiger partial charge >= 0.3 is 0 Å². The smallest absolute Gasteiger partial charge is 0.191 e. The topological polar surface area (TPSA) is 61.8 Å². The summed E-state index contributed by atoms with van der Waals surface area (Å²) in [7, 11) is 0. The van der Waals surface area contributed by atoms with Gasteiger partial charge in [-0.3, -0.25) is 9.89 Å². The fourth-order valence-corrected chi connectivity index (χ4v) is 3.13. The molecule has 6 nitrogen and oxygen atoms in total. The molecule has 1 aromatic heterocycles. The number of guanidine groups is 1. The van der Waals surface area contributed by atoms with Gasteiger partial charge < -0.3 is 15.4 Å². The molecule has 8 heteroatoms. The predicted octanol–water partition coefficient (Wildman–Crippen LogP) is 1.89. The number of aromatic nitrogens is 1. The van der Waals surface area contributed by atoms with Crippen LogP contribution in [0, 0.1) is 6.92 Å². The Labute approximate surface area is 166 Å². The summed E-state index contributed by atoms with van der Waals surface area (Å²) in [5, 5.41) is 9.94. The second kappa shape index (κ2) is 12.8. The average Bonchev–Trinajstić information content (AvgIpc) is 2.98. The van der Waals surface area contributed by atoms with Crippen LogP contribution in [0.5, 0.6) is 0 Å². The van der Waals surface area contributed by atoms with Crippen molar-refractivity contribution < 1.29 is 4.74 Å². The Hall–Kier alpha value is -0.450. The number of rotatable bonds is 8. The van der Waals surface area contributed by atoms with E-state index < -0.39 is 0 Å². The molecule has 0 unspecified atom stereocenters. The number of thiazole rings is 1. The third kappa shape index (κ3) is 8.59. The Morgan fingerprint density at radius 1 is 1.38 bits per heavy atom. The summed E-state index contributed by atoms with van der Waals surface area (Å²) in [6.45, 7) is 11.7. The Morgan fingerprint density at radius 3 is 2.83 bits per heavy atom. The fraction of sp³-hybridized carbons (Fsp3) is 0.750. The molecule has 1 aliphatic rings. The maximum absolute atomic E-state index is 5.36. The van der Waals surface area contributed by atoms with Crippen molar-refractivity contribution in [2.75, 3.05) is 52.5 Å². The van der Waals surface area contributed by atoms with E-state index in [1.807, 2.05) is 6.92 Å². The van der Waals surface area contributed by atoms with Crippen molar-refractivity contribution in [1.82, 2.24) is 20.5 Å². The zero-order valence-electron chi connectivity index (χ0n) is 14.7. The van der Waals surface area contributed by atoms with Crippen LogP contribution in [0.4, 0.5) is 0 Å². The number of halogens is 1. The Bertz CT molecular complexity index is 477. The number of hydrogen-bond acceptors (Lipinski definition) is 5. The van der Waals surface area contributed by atoms with Gasteiger partial charge in [-0.2, -0.15) is 0 Å². The van der Waals surface area contributed by atoms with E-state index in [9.17, 15) is 0 Å². The lowest BCUT2D eigenvalue weighted by atomic mass is 10.3. The van der Waals surface area contributed by atoms with Crippen LogP contribution in [0.3, 0.4) is 0 Å². The highest BCUT2D eigenvalue weighted by Crippen LogP contribution is 2.07. The second-order valence-corrected chi connectivity index (χ2v) is 6.67. The van der Waals surface area contributed by atoms with Gasteiger partial charge in [0.25, 0.3) is 0 Å². The Balaban J connectivity index is 0.00000288. The maximum Gasteiger partial charge on any atom is 0.191 e. The van der Waals surface area contributed by atoms with E-state index in [-0.39, 0.29) is 24.0 Å². The summed E-state index contributed by atoms with van der Waals surface area (Å²) >= 11 is 1.71. The van der Waals surface area contributed by atoms with Gasteiger partial charge in [-0.1, -0.05) is 0 Å². The summed E-state index contributed by atoms with van der Waals surface area (Å²) < 4.78 is 5.36. The van der Waals surface area contributed by atoms with Gasteiger partial charge in [-0.25, -0.2) is 4.98 Å². The van der Waals surface area contributed by atoms with Crippen molar-refractivity contribution in [3.63, 3.8) is 0 Å². The molecular formula is C16H30IN5OS. The molecule has 0 aliphatic carbocycles. The highest BCUT2D eigenvalue weighted by atomic mass is 127. The number of hydrogen-bond donors (Lipinski definition) is 2. The molecule has 1 saturated heterocycles. The molecular weight excluding hydrogens is 437 g/mol. The molecule has 0 amide bonds. The molecule has 0 atom stereocenters. The quantitative estimate of drug-likeness (QED) is 0.265. The van der Waals surface area contributed by atoms with Crippen LogP contribution >= 0.6 is 35.3 Å². The molecule has 0 bridgehead atoms. The van der Waals surface area contributed by atoms with Crippen LogP contribution < -0.4 is 10.6 Å². The third-order valence-corrected chi connectivity index (χ3v) is 4.51. The predicted molar refractivity (Wildman–Crippen MR) is 112 cm³/mol. The second-order valence-electron chi connectivity index (χ2n) is 5.60. The number of morpholine rings is 1. The van der Waals surface area contributed by atoms with E-state index in [0.717, 1.165) is 82.0 Å². The van der Waals surface area contributed by atoms with E-state index >= 15 is 0 Å². The SMILES string of the molecule is CCNC(=NCCCN1CCOCC1)NCCc1csc(C)n1.I. The molecule has 1 fully saturated rings. The summed E-state index contributed by atoms with van der Waals surface area (Å²) in [5.41, 5.74) is 1.16. The first-order valence-corrected chi connectivity index (χ1v) is 9.39. The van der Waals surface area contributed by atoms with Crippen LogP contribution in [-0.2, 0) is 11.2 Å². The minimum Gasteiger partial charge on any atom is -0.379 e. The molecule has 0 saturated carbocycles. The van der Waals surface area contributed by atoms with Gasteiger partial charge in [-0.05, 0) is 20.3 Å². The molecule has 2 N–H and O–H groups in total. The van der Waals surface area contributed by atoms with Gasteiger partial charge in [-0.15, -0.1) is 35.3 Å². The summed E-state index contributed by atoms with van der Waals surface area (Å²) in [4.78, 5) is 11.6. The van der Waals surface area contributed by atoms with Crippen molar-refractivity contribution in [3.05, 3.63) is 16.1 Å². The number of ether oxygens (including phenoxy) is 1. The van der Waals surface area contributed by atoms with Crippen LogP contribution in [-0.4, -0.2) is 68.3 Å². The molecule has 0 aromatic carbocycles. The number of nitrogens with one attached hydrogen (secondary N) is 2. The van der Waals surface area contributed by atoms with Gasteiger partial charge in [0.1, 0.15) is 0 Å². The lowest BCUT2D eigenvalue weighted by Gasteiger charge is -2.26. The van der Waals surface area contributed by atoms with Crippen LogP contribution in [0.2, 0.25) is 0 Å². The van der Waals surface area contributed by atoms with Crippen molar-refractivity contribution in [1.29, 1.82) is 0 Å². The van der Waals surface area contributed by atoms with E-state index in [1.165, 1.54) is 0 Å². The summed E-state index contributed by atoms with van der Waals surface area (Å²) in [5.74, 6) is 0.904. The van der Waals surface area contributed by atoms with Crippen LogP contribution in [0.15, 0.2) is 10.4 Å². The zero-order valence-corrected chi connectivity index (χ0v) is 17.9. The molecule has 138 valence electrons. The molecule has 1 aromatic rings. The minimum absolute atomic E-state index is 0. The van der Waals surface area contributed by atoms with Crippen molar-refractivity contribution in [3.8, 4) is 0 Å². The average molecular weight is 467 g/mol. The standard InChI is InChI=1S/C16H29N5OS.HI/c1-3-17-16(19-7-5-15-13-23-14(2)20-15)18-6-4-8-21-9-11-22-12-10-21;/h13H,3-12H2,1-2H3,(H2,17,18,19);1H. The molecule has 24 heavy (non-hydrogen) atoms. The number of nitrogens with zero attached hydrogens (tertiary/aromatic N) is 3. The van der Waals surface area contributed by atoms with Crippen molar-refractivity contribution in [2.24, 2.45) is 4.99 Å². The molecule has 0 spiro atoms. The Morgan fingerprint density at radius 2 is 2.17 bits per heavy atom. The molecule has 2 rings (SSSR count).